The molecule has 0 aliphatic carbocycles. The van der Waals surface area contributed by atoms with Crippen LogP contribution in [0.4, 0.5) is 0 Å². The van der Waals surface area contributed by atoms with Gasteiger partial charge >= 0.3 is 0 Å². The summed E-state index contributed by atoms with van der Waals surface area (Å²) in [7, 11) is -1.11. The van der Waals surface area contributed by atoms with E-state index in [-0.39, 0.29) is 17.7 Å². The minimum atomic E-state index is -3.19. The summed E-state index contributed by atoms with van der Waals surface area (Å²) in [6, 6.07) is 0.510. The van der Waals surface area contributed by atoms with Crippen LogP contribution in [0, 0.1) is 5.92 Å². The predicted octanol–water partition coefficient (Wildman–Crippen LogP) is 1.26. The summed E-state index contributed by atoms with van der Waals surface area (Å²) in [6.07, 6.45) is 1.76. The Hall–Kier alpha value is 0.160. The average molecular weight is 283 g/mol. The van der Waals surface area contributed by atoms with E-state index in [1.54, 1.807) is 0 Å². The highest BCUT2D eigenvalue weighted by Crippen LogP contribution is 2.16. The van der Waals surface area contributed by atoms with Crippen molar-refractivity contribution in [3.05, 3.63) is 0 Å². The van der Waals surface area contributed by atoms with Gasteiger partial charge < -0.3 is 4.90 Å². The van der Waals surface area contributed by atoms with Gasteiger partial charge in [-0.25, -0.2) is 13.1 Å². The fourth-order valence-electron chi connectivity index (χ4n) is 2.12. The van der Waals surface area contributed by atoms with E-state index in [1.165, 1.54) is 0 Å². The highest BCUT2D eigenvalue weighted by molar-refractivity contribution is 7.89. The Morgan fingerprint density at radius 3 is 2.71 bits per heavy atom. The van der Waals surface area contributed by atoms with E-state index < -0.39 is 10.0 Å². The first-order valence-corrected chi connectivity index (χ1v) is 8.29. The van der Waals surface area contributed by atoms with Gasteiger partial charge in [0.1, 0.15) is 0 Å². The lowest BCUT2D eigenvalue weighted by Gasteiger charge is -2.35. The SMILES string of the molecule is CC(CCl)CS(=O)(=O)NC1CCN(C)C(C)C1. The van der Waals surface area contributed by atoms with Crippen LogP contribution in [-0.2, 0) is 10.0 Å². The fourth-order valence-corrected chi connectivity index (χ4v) is 4.04. The molecule has 0 saturated carbocycles. The zero-order chi connectivity index (χ0) is 13.1. The number of halogens is 1. The highest BCUT2D eigenvalue weighted by atomic mass is 35.5. The Labute approximate surface area is 110 Å². The number of nitrogens with zero attached hydrogens (tertiary/aromatic N) is 1. The second-order valence-electron chi connectivity index (χ2n) is 5.21. The van der Waals surface area contributed by atoms with Crippen LogP contribution in [0.3, 0.4) is 0 Å². The van der Waals surface area contributed by atoms with Crippen LogP contribution in [0.25, 0.3) is 0 Å². The lowest BCUT2D eigenvalue weighted by molar-refractivity contribution is 0.178. The van der Waals surface area contributed by atoms with Crippen LogP contribution in [-0.4, -0.2) is 50.6 Å². The Kier molecular flexibility index (Phi) is 5.70. The molecule has 1 N–H and O–H groups in total. The molecular weight excluding hydrogens is 260 g/mol. The first-order valence-electron chi connectivity index (χ1n) is 6.10. The van der Waals surface area contributed by atoms with Crippen LogP contribution in [0.15, 0.2) is 0 Å². The van der Waals surface area contributed by atoms with Crippen LogP contribution in [0.1, 0.15) is 26.7 Å². The van der Waals surface area contributed by atoms with E-state index in [9.17, 15) is 8.42 Å². The smallest absolute Gasteiger partial charge is 0.212 e. The van der Waals surface area contributed by atoms with Crippen molar-refractivity contribution < 1.29 is 8.42 Å². The van der Waals surface area contributed by atoms with Gasteiger partial charge in [-0.2, -0.15) is 0 Å². The number of alkyl halides is 1. The normalized spacial score (nSPS) is 29.2. The Bertz CT molecular complexity index is 334. The molecule has 0 spiro atoms. The third kappa shape index (κ3) is 5.12. The molecule has 1 heterocycles. The van der Waals surface area contributed by atoms with Crippen molar-refractivity contribution in [1.82, 2.24) is 9.62 Å². The maximum atomic E-state index is 11.9. The van der Waals surface area contributed by atoms with E-state index in [2.05, 4.69) is 23.6 Å². The molecule has 1 fully saturated rings. The molecule has 1 saturated heterocycles. The van der Waals surface area contributed by atoms with Crippen LogP contribution in [0.2, 0.25) is 0 Å². The standard InChI is InChI=1S/C11H23ClN2O2S/c1-9(7-12)8-17(15,16)13-11-4-5-14(3)10(2)6-11/h9-11,13H,4-8H2,1-3H3. The van der Waals surface area contributed by atoms with Crippen LogP contribution in [0.5, 0.6) is 0 Å². The molecule has 3 unspecified atom stereocenters. The topological polar surface area (TPSA) is 49.4 Å². The van der Waals surface area contributed by atoms with Gasteiger partial charge in [0, 0.05) is 18.0 Å². The van der Waals surface area contributed by atoms with Gasteiger partial charge in [-0.1, -0.05) is 6.92 Å². The number of nitrogens with one attached hydrogen (secondary N) is 1. The number of hydrogen-bond acceptors (Lipinski definition) is 3. The third-order valence-electron chi connectivity index (χ3n) is 3.32. The summed E-state index contributed by atoms with van der Waals surface area (Å²) in [4.78, 5) is 2.26. The van der Waals surface area contributed by atoms with Crippen molar-refractivity contribution in [1.29, 1.82) is 0 Å². The second kappa shape index (κ2) is 6.36. The number of sulfonamides is 1. The average Bonchev–Trinajstić information content (AvgIpc) is 2.22. The number of rotatable bonds is 5. The molecule has 6 heteroatoms. The first-order chi connectivity index (χ1) is 7.84. The van der Waals surface area contributed by atoms with Crippen molar-refractivity contribution in [2.75, 3.05) is 25.2 Å². The first kappa shape index (κ1) is 15.2. The molecule has 1 rings (SSSR count). The molecule has 0 bridgehead atoms. The monoisotopic (exact) mass is 282 g/mol. The molecular formula is C11H23ClN2O2S. The Morgan fingerprint density at radius 2 is 2.18 bits per heavy atom. The van der Waals surface area contributed by atoms with Gasteiger partial charge in [-0.3, -0.25) is 0 Å². The zero-order valence-corrected chi connectivity index (χ0v) is 12.4. The van der Waals surface area contributed by atoms with Gasteiger partial charge in [0.2, 0.25) is 10.0 Å². The summed E-state index contributed by atoms with van der Waals surface area (Å²) in [6.45, 7) is 4.92. The summed E-state index contributed by atoms with van der Waals surface area (Å²) in [5.41, 5.74) is 0. The zero-order valence-electron chi connectivity index (χ0n) is 10.8. The highest BCUT2D eigenvalue weighted by Gasteiger charge is 2.26. The number of likely N-dealkylation sites (tertiary alicyclic amines) is 1. The lowest BCUT2D eigenvalue weighted by Crippen LogP contribution is -2.48. The Morgan fingerprint density at radius 1 is 1.53 bits per heavy atom. The minimum absolute atomic E-state index is 0.00199. The van der Waals surface area contributed by atoms with Gasteiger partial charge in [0.15, 0.2) is 0 Å². The second-order valence-corrected chi connectivity index (χ2v) is 7.32. The summed E-state index contributed by atoms with van der Waals surface area (Å²) in [5, 5.41) is 0. The van der Waals surface area contributed by atoms with E-state index >= 15 is 0 Å². The minimum Gasteiger partial charge on any atom is -0.304 e. The molecule has 0 aromatic rings. The quantitative estimate of drug-likeness (QED) is 0.773. The van der Waals surface area contributed by atoms with E-state index in [0.717, 1.165) is 19.4 Å². The molecule has 0 aromatic heterocycles. The van der Waals surface area contributed by atoms with Crippen molar-refractivity contribution in [2.45, 2.75) is 38.8 Å². The third-order valence-corrected chi connectivity index (χ3v) is 5.55. The molecule has 1 aliphatic heterocycles. The molecule has 1 aliphatic rings. The van der Waals surface area contributed by atoms with Crippen molar-refractivity contribution in [3.63, 3.8) is 0 Å². The molecule has 3 atom stereocenters. The van der Waals surface area contributed by atoms with Gasteiger partial charge in [-0.15, -0.1) is 11.6 Å². The molecule has 17 heavy (non-hydrogen) atoms. The summed E-state index contributed by atoms with van der Waals surface area (Å²) >= 11 is 5.64. The van der Waals surface area contributed by atoms with E-state index in [0.29, 0.717) is 11.9 Å². The molecule has 4 nitrogen and oxygen atoms in total. The Balaban J connectivity index is 2.48. The molecule has 0 amide bonds. The molecule has 0 aromatic carbocycles. The van der Waals surface area contributed by atoms with E-state index in [4.69, 9.17) is 11.6 Å². The maximum Gasteiger partial charge on any atom is 0.212 e. The molecule has 0 radical (unpaired) electrons. The van der Waals surface area contributed by atoms with Crippen LogP contribution >= 0.6 is 11.6 Å². The van der Waals surface area contributed by atoms with Crippen LogP contribution < -0.4 is 4.72 Å². The van der Waals surface area contributed by atoms with Gasteiger partial charge in [0.25, 0.3) is 0 Å². The van der Waals surface area contributed by atoms with Crippen molar-refractivity contribution >= 4 is 21.6 Å². The molecule has 102 valence electrons. The number of hydrogen-bond donors (Lipinski definition) is 1. The predicted molar refractivity (Wildman–Crippen MR) is 71.9 cm³/mol. The largest absolute Gasteiger partial charge is 0.304 e. The van der Waals surface area contributed by atoms with E-state index in [1.807, 2.05) is 6.92 Å². The fraction of sp³-hybridized carbons (Fsp3) is 1.00. The summed E-state index contributed by atoms with van der Waals surface area (Å²) < 4.78 is 26.5. The number of piperidine rings is 1. The summed E-state index contributed by atoms with van der Waals surface area (Å²) in [5.74, 6) is 0.500. The van der Waals surface area contributed by atoms with Gasteiger partial charge in [0.05, 0.1) is 5.75 Å². The van der Waals surface area contributed by atoms with Crippen molar-refractivity contribution in [3.8, 4) is 0 Å². The lowest BCUT2D eigenvalue weighted by atomic mass is 10.0. The van der Waals surface area contributed by atoms with Gasteiger partial charge in [-0.05, 0) is 39.3 Å². The maximum absolute atomic E-state index is 11.9. The van der Waals surface area contributed by atoms with Crippen molar-refractivity contribution in [2.24, 2.45) is 5.92 Å².